The van der Waals surface area contributed by atoms with Gasteiger partial charge in [-0.25, -0.2) is 9.07 Å². The topological polar surface area (TPSA) is 139 Å². The van der Waals surface area contributed by atoms with Gasteiger partial charge in [0.25, 0.3) is 5.91 Å². The molecular formula is C17H13ClFN9O3. The minimum absolute atomic E-state index is 0.0249. The molecule has 0 aliphatic heterocycles. The van der Waals surface area contributed by atoms with E-state index < -0.39 is 16.8 Å². The van der Waals surface area contributed by atoms with Crippen LogP contribution in [0.25, 0.3) is 0 Å². The fourth-order valence-electron chi connectivity index (χ4n) is 2.70. The van der Waals surface area contributed by atoms with Crippen LogP contribution in [-0.4, -0.2) is 45.2 Å². The van der Waals surface area contributed by atoms with Crippen molar-refractivity contribution >= 4 is 29.3 Å². The number of halogens is 2. The van der Waals surface area contributed by atoms with Gasteiger partial charge in [-0.15, -0.1) is 0 Å². The van der Waals surface area contributed by atoms with Crippen molar-refractivity contribution in [3.05, 3.63) is 81.3 Å². The molecule has 158 valence electrons. The van der Waals surface area contributed by atoms with E-state index in [1.807, 2.05) is 0 Å². The van der Waals surface area contributed by atoms with E-state index in [4.69, 9.17) is 11.6 Å². The summed E-state index contributed by atoms with van der Waals surface area (Å²) >= 11 is 6.14. The number of nitro groups is 1. The summed E-state index contributed by atoms with van der Waals surface area (Å²) in [6, 6.07) is 7.51. The van der Waals surface area contributed by atoms with Gasteiger partial charge < -0.3 is 15.4 Å². The predicted molar refractivity (Wildman–Crippen MR) is 105 cm³/mol. The SMILES string of the molecule is O=C(Nc1nn(Cc2cccc(F)c2)cc1Cl)c1ccn(Cn2cnc([N+](=O)[O-])n2)n1. The van der Waals surface area contributed by atoms with Crippen LogP contribution >= 0.6 is 11.6 Å². The maximum Gasteiger partial charge on any atom is 0.491 e. The van der Waals surface area contributed by atoms with E-state index in [0.29, 0.717) is 5.56 Å². The summed E-state index contributed by atoms with van der Waals surface area (Å²) in [4.78, 5) is 25.9. The van der Waals surface area contributed by atoms with Crippen molar-refractivity contribution in [3.8, 4) is 0 Å². The molecule has 4 rings (SSSR count). The molecule has 0 saturated heterocycles. The van der Waals surface area contributed by atoms with Crippen LogP contribution in [0, 0.1) is 15.9 Å². The molecule has 0 spiro atoms. The molecule has 0 aliphatic carbocycles. The Kier molecular flexibility index (Phi) is 5.41. The number of carbonyl (C=O) groups is 1. The van der Waals surface area contributed by atoms with Crippen LogP contribution < -0.4 is 5.32 Å². The minimum Gasteiger partial charge on any atom is -0.390 e. The highest BCUT2D eigenvalue weighted by Gasteiger charge is 2.17. The third kappa shape index (κ3) is 4.72. The Balaban J connectivity index is 1.41. The third-order valence-corrected chi connectivity index (χ3v) is 4.31. The van der Waals surface area contributed by atoms with Gasteiger partial charge in [-0.1, -0.05) is 28.7 Å². The predicted octanol–water partition coefficient (Wildman–Crippen LogP) is 2.18. The van der Waals surface area contributed by atoms with E-state index >= 15 is 0 Å². The lowest BCUT2D eigenvalue weighted by molar-refractivity contribution is -0.394. The van der Waals surface area contributed by atoms with E-state index in [9.17, 15) is 19.3 Å². The van der Waals surface area contributed by atoms with Crippen molar-refractivity contribution in [1.82, 2.24) is 34.3 Å². The Morgan fingerprint density at radius 3 is 2.77 bits per heavy atom. The maximum atomic E-state index is 13.3. The first-order chi connectivity index (χ1) is 14.9. The summed E-state index contributed by atoms with van der Waals surface area (Å²) in [6.45, 7) is 0.295. The Labute approximate surface area is 178 Å². The van der Waals surface area contributed by atoms with Gasteiger partial charge in [0, 0.05) is 17.5 Å². The van der Waals surface area contributed by atoms with Gasteiger partial charge in [0.05, 0.1) is 6.54 Å². The van der Waals surface area contributed by atoms with Crippen molar-refractivity contribution < 1.29 is 14.1 Å². The highest BCUT2D eigenvalue weighted by atomic mass is 35.5. The molecule has 1 N–H and O–H groups in total. The zero-order valence-corrected chi connectivity index (χ0v) is 16.3. The number of nitrogens with zero attached hydrogens (tertiary/aromatic N) is 8. The van der Waals surface area contributed by atoms with Crippen LogP contribution in [0.2, 0.25) is 5.02 Å². The number of aromatic nitrogens is 7. The van der Waals surface area contributed by atoms with Crippen molar-refractivity contribution in [2.45, 2.75) is 13.2 Å². The number of hydrogen-bond donors (Lipinski definition) is 1. The standard InChI is InChI=1S/C17H13ClFN9O3/c18-13-8-26(7-11-2-1-3-12(19)6-11)23-15(13)21-16(29)14-4-5-25(22-14)10-27-9-20-17(24-27)28(30)31/h1-6,8-9H,7,10H2,(H,21,23,29). The highest BCUT2D eigenvalue weighted by molar-refractivity contribution is 6.33. The zero-order chi connectivity index (χ0) is 22.0. The Bertz CT molecular complexity index is 1270. The summed E-state index contributed by atoms with van der Waals surface area (Å²) < 4.78 is 17.4. The van der Waals surface area contributed by atoms with Gasteiger partial charge in [-0.05, 0) is 28.7 Å². The largest absolute Gasteiger partial charge is 0.491 e. The molecule has 0 fully saturated rings. The number of nitrogens with one attached hydrogen (secondary N) is 1. The molecule has 0 bridgehead atoms. The first-order valence-corrected chi connectivity index (χ1v) is 9.11. The molecule has 0 aliphatic rings. The third-order valence-electron chi connectivity index (χ3n) is 4.03. The van der Waals surface area contributed by atoms with Gasteiger partial charge in [0.15, 0.2) is 18.2 Å². The van der Waals surface area contributed by atoms with Gasteiger partial charge in [-0.2, -0.15) is 14.9 Å². The van der Waals surface area contributed by atoms with E-state index in [2.05, 4.69) is 25.6 Å². The summed E-state index contributed by atoms with van der Waals surface area (Å²) in [6.07, 6.45) is 4.20. The number of anilines is 1. The first-order valence-electron chi connectivity index (χ1n) is 8.73. The Morgan fingerprint density at radius 2 is 2.03 bits per heavy atom. The number of rotatable bonds is 7. The fourth-order valence-corrected chi connectivity index (χ4v) is 2.90. The molecule has 12 nitrogen and oxygen atoms in total. The zero-order valence-electron chi connectivity index (χ0n) is 15.6. The smallest absolute Gasteiger partial charge is 0.390 e. The van der Waals surface area contributed by atoms with Crippen molar-refractivity contribution in [2.75, 3.05) is 5.32 Å². The molecule has 31 heavy (non-hydrogen) atoms. The molecule has 3 heterocycles. The van der Waals surface area contributed by atoms with Crippen LogP contribution in [-0.2, 0) is 13.2 Å². The Morgan fingerprint density at radius 1 is 1.19 bits per heavy atom. The number of carbonyl (C=O) groups excluding carboxylic acids is 1. The number of hydrogen-bond acceptors (Lipinski definition) is 7. The molecule has 4 aromatic rings. The van der Waals surface area contributed by atoms with Crippen molar-refractivity contribution in [3.63, 3.8) is 0 Å². The van der Waals surface area contributed by atoms with Crippen molar-refractivity contribution in [1.29, 1.82) is 0 Å². The summed E-state index contributed by atoms with van der Waals surface area (Å²) in [5, 5.41) is 25.4. The minimum atomic E-state index is -0.713. The molecular weight excluding hydrogens is 433 g/mol. The molecule has 14 heteroatoms. The lowest BCUT2D eigenvalue weighted by atomic mass is 10.2. The van der Waals surface area contributed by atoms with Crippen LogP contribution in [0.5, 0.6) is 0 Å². The molecule has 0 atom stereocenters. The second kappa shape index (κ2) is 8.31. The molecule has 0 radical (unpaired) electrons. The second-order valence-corrected chi connectivity index (χ2v) is 6.74. The van der Waals surface area contributed by atoms with E-state index in [1.54, 1.807) is 12.1 Å². The molecule has 1 amide bonds. The Hall–Kier alpha value is -4.13. The molecule has 0 unspecified atom stereocenters. The van der Waals surface area contributed by atoms with Crippen LogP contribution in [0.15, 0.2) is 49.1 Å². The van der Waals surface area contributed by atoms with Gasteiger partial charge >= 0.3 is 5.95 Å². The fraction of sp³-hybridized carbons (Fsp3) is 0.118. The average molecular weight is 446 g/mol. The lowest BCUT2D eigenvalue weighted by Crippen LogP contribution is -2.15. The lowest BCUT2D eigenvalue weighted by Gasteiger charge is -2.02. The number of benzene rings is 1. The average Bonchev–Trinajstić information content (AvgIpc) is 3.44. The molecule has 3 aromatic heterocycles. The van der Waals surface area contributed by atoms with Crippen LogP contribution in [0.3, 0.4) is 0 Å². The normalized spacial score (nSPS) is 10.9. The number of amides is 1. The summed E-state index contributed by atoms with van der Waals surface area (Å²) in [5.41, 5.74) is 0.759. The van der Waals surface area contributed by atoms with Gasteiger partial charge in [-0.3, -0.25) is 9.48 Å². The van der Waals surface area contributed by atoms with Gasteiger partial charge in [0.2, 0.25) is 6.33 Å². The highest BCUT2D eigenvalue weighted by Crippen LogP contribution is 2.21. The monoisotopic (exact) mass is 445 g/mol. The van der Waals surface area contributed by atoms with Crippen LogP contribution in [0.4, 0.5) is 16.2 Å². The summed E-state index contributed by atoms with van der Waals surface area (Å²) in [5.74, 6) is -1.32. The quantitative estimate of drug-likeness (QED) is 0.339. The van der Waals surface area contributed by atoms with E-state index in [-0.39, 0.29) is 35.6 Å². The van der Waals surface area contributed by atoms with Crippen molar-refractivity contribution in [2.24, 2.45) is 0 Å². The molecule has 0 saturated carbocycles. The summed E-state index contributed by atoms with van der Waals surface area (Å²) in [7, 11) is 0. The molecule has 1 aromatic carbocycles. The second-order valence-electron chi connectivity index (χ2n) is 6.33. The van der Waals surface area contributed by atoms with E-state index in [0.717, 1.165) is 0 Å². The van der Waals surface area contributed by atoms with Crippen LogP contribution in [0.1, 0.15) is 16.1 Å². The van der Waals surface area contributed by atoms with Gasteiger partial charge in [0.1, 0.15) is 10.8 Å². The first kappa shape index (κ1) is 20.2. The van der Waals surface area contributed by atoms with E-state index in [1.165, 1.54) is 51.0 Å². The maximum absolute atomic E-state index is 13.3.